The van der Waals surface area contributed by atoms with Crippen LogP contribution in [0.4, 0.5) is 0 Å². The minimum Gasteiger partial charge on any atom is -0.329 e. The Morgan fingerprint density at radius 2 is 2.31 bits per heavy atom. The quantitative estimate of drug-likeness (QED) is 0.671. The van der Waals surface area contributed by atoms with E-state index in [0.717, 1.165) is 19.1 Å². The van der Waals surface area contributed by atoms with Gasteiger partial charge < -0.3 is 15.5 Å². The average molecular weight is 185 g/mol. The van der Waals surface area contributed by atoms with Crippen LogP contribution in [0.3, 0.4) is 0 Å². The Balaban J connectivity index is 2.23. The molecular weight excluding hydrogens is 162 g/mol. The van der Waals surface area contributed by atoms with Crippen molar-refractivity contribution in [3.63, 3.8) is 0 Å². The van der Waals surface area contributed by atoms with Crippen LogP contribution in [0.5, 0.6) is 0 Å². The van der Waals surface area contributed by atoms with Crippen molar-refractivity contribution in [2.45, 2.75) is 25.8 Å². The van der Waals surface area contributed by atoms with Gasteiger partial charge in [-0.2, -0.15) is 0 Å². The van der Waals surface area contributed by atoms with Crippen molar-refractivity contribution in [2.24, 2.45) is 5.73 Å². The molecule has 13 heavy (non-hydrogen) atoms. The first kappa shape index (κ1) is 11.0. The second-order valence-electron chi connectivity index (χ2n) is 4.01. The summed E-state index contributed by atoms with van der Waals surface area (Å²) in [6, 6.07) is 0.745. The van der Waals surface area contributed by atoms with Crippen molar-refractivity contribution >= 4 is 0 Å². The molecule has 1 fully saturated rings. The second-order valence-corrected chi connectivity index (χ2v) is 4.01. The maximum absolute atomic E-state index is 5.54. The maximum atomic E-state index is 5.54. The van der Waals surface area contributed by atoms with Gasteiger partial charge in [0.1, 0.15) is 0 Å². The Hall–Kier alpha value is -0.120. The molecule has 1 aliphatic rings. The summed E-state index contributed by atoms with van der Waals surface area (Å²) in [5, 5.41) is 0. The first-order valence-electron chi connectivity index (χ1n) is 5.40. The number of hydrogen-bond donors (Lipinski definition) is 1. The summed E-state index contributed by atoms with van der Waals surface area (Å²) >= 11 is 0. The van der Waals surface area contributed by atoms with Crippen LogP contribution in [-0.4, -0.2) is 55.6 Å². The van der Waals surface area contributed by atoms with Crippen molar-refractivity contribution in [3.8, 4) is 0 Å². The van der Waals surface area contributed by atoms with E-state index >= 15 is 0 Å². The van der Waals surface area contributed by atoms with E-state index in [-0.39, 0.29) is 0 Å². The minimum absolute atomic E-state index is 0.745. The van der Waals surface area contributed by atoms with E-state index in [4.69, 9.17) is 5.73 Å². The lowest BCUT2D eigenvalue weighted by Crippen LogP contribution is -2.37. The van der Waals surface area contributed by atoms with Gasteiger partial charge in [-0.25, -0.2) is 0 Å². The Bertz CT molecular complexity index is 138. The molecule has 0 bridgehead atoms. The average Bonchev–Trinajstić information content (AvgIpc) is 2.54. The summed E-state index contributed by atoms with van der Waals surface area (Å²) in [5.41, 5.74) is 5.54. The van der Waals surface area contributed by atoms with E-state index in [0.29, 0.717) is 0 Å². The first-order chi connectivity index (χ1) is 6.27. The van der Waals surface area contributed by atoms with Crippen molar-refractivity contribution in [1.82, 2.24) is 9.80 Å². The zero-order valence-corrected chi connectivity index (χ0v) is 9.00. The van der Waals surface area contributed by atoms with Crippen molar-refractivity contribution in [3.05, 3.63) is 0 Å². The predicted molar refractivity (Wildman–Crippen MR) is 56.8 cm³/mol. The fourth-order valence-electron chi connectivity index (χ4n) is 2.08. The zero-order valence-electron chi connectivity index (χ0n) is 9.00. The number of likely N-dealkylation sites (N-methyl/N-ethyl adjacent to an activating group) is 1. The highest BCUT2D eigenvalue weighted by Gasteiger charge is 2.24. The molecule has 0 aromatic carbocycles. The van der Waals surface area contributed by atoms with Crippen LogP contribution in [0.1, 0.15) is 19.8 Å². The predicted octanol–water partition coefficient (Wildman–Crippen LogP) is 0.361. The molecule has 1 atom stereocenters. The first-order valence-corrected chi connectivity index (χ1v) is 5.40. The molecule has 1 heterocycles. The molecule has 3 nitrogen and oxygen atoms in total. The molecule has 0 amide bonds. The van der Waals surface area contributed by atoms with Gasteiger partial charge in [0.25, 0.3) is 0 Å². The second kappa shape index (κ2) is 5.58. The Kier molecular flexibility index (Phi) is 4.70. The molecule has 3 heteroatoms. The molecule has 0 aromatic rings. The number of rotatable bonds is 5. The number of hydrogen-bond acceptors (Lipinski definition) is 3. The third kappa shape index (κ3) is 3.25. The standard InChI is InChI=1S/C10H23N3/c1-3-6-13-7-4-10(9-13)12(2)8-5-11/h10H,3-9,11H2,1-2H3. The number of nitrogens with zero attached hydrogens (tertiary/aromatic N) is 2. The molecule has 0 aromatic heterocycles. The van der Waals surface area contributed by atoms with Gasteiger partial charge in [0.15, 0.2) is 0 Å². The lowest BCUT2D eigenvalue weighted by atomic mass is 10.2. The fraction of sp³-hybridized carbons (Fsp3) is 1.00. The lowest BCUT2D eigenvalue weighted by molar-refractivity contribution is 0.237. The van der Waals surface area contributed by atoms with Crippen LogP contribution in [0.2, 0.25) is 0 Å². The van der Waals surface area contributed by atoms with Gasteiger partial charge in [-0.1, -0.05) is 6.92 Å². The Morgan fingerprint density at radius 1 is 1.54 bits per heavy atom. The SMILES string of the molecule is CCCN1CCC(N(C)CCN)C1. The van der Waals surface area contributed by atoms with Gasteiger partial charge in [0.05, 0.1) is 0 Å². The molecule has 0 radical (unpaired) electrons. The van der Waals surface area contributed by atoms with Gasteiger partial charge in [-0.15, -0.1) is 0 Å². The monoisotopic (exact) mass is 185 g/mol. The normalized spacial score (nSPS) is 24.5. The van der Waals surface area contributed by atoms with Crippen LogP contribution >= 0.6 is 0 Å². The van der Waals surface area contributed by atoms with E-state index < -0.39 is 0 Å². The van der Waals surface area contributed by atoms with E-state index in [1.807, 2.05) is 0 Å². The largest absolute Gasteiger partial charge is 0.329 e. The van der Waals surface area contributed by atoms with E-state index in [9.17, 15) is 0 Å². The fourth-order valence-corrected chi connectivity index (χ4v) is 2.08. The highest BCUT2D eigenvalue weighted by atomic mass is 15.2. The van der Waals surface area contributed by atoms with Crippen LogP contribution < -0.4 is 5.73 Å². The highest BCUT2D eigenvalue weighted by molar-refractivity contribution is 4.81. The van der Waals surface area contributed by atoms with E-state index in [1.165, 1.54) is 32.5 Å². The molecule has 78 valence electrons. The molecule has 1 aliphatic heterocycles. The Labute approximate surface area is 81.9 Å². The van der Waals surface area contributed by atoms with Gasteiger partial charge in [0, 0.05) is 25.7 Å². The van der Waals surface area contributed by atoms with Crippen molar-refractivity contribution < 1.29 is 0 Å². The lowest BCUT2D eigenvalue weighted by Gasteiger charge is -2.23. The van der Waals surface area contributed by atoms with Crippen LogP contribution in [-0.2, 0) is 0 Å². The van der Waals surface area contributed by atoms with E-state index in [2.05, 4.69) is 23.8 Å². The summed E-state index contributed by atoms with van der Waals surface area (Å²) in [4.78, 5) is 4.95. The molecule has 1 rings (SSSR count). The summed E-state index contributed by atoms with van der Waals surface area (Å²) in [6.45, 7) is 7.83. The van der Waals surface area contributed by atoms with Gasteiger partial charge in [-0.05, 0) is 33.0 Å². The minimum atomic E-state index is 0.745. The summed E-state index contributed by atoms with van der Waals surface area (Å²) < 4.78 is 0. The molecule has 0 spiro atoms. The molecule has 0 saturated carbocycles. The molecule has 2 N–H and O–H groups in total. The molecule has 1 unspecified atom stereocenters. The zero-order chi connectivity index (χ0) is 9.68. The van der Waals surface area contributed by atoms with Crippen molar-refractivity contribution in [2.75, 3.05) is 39.8 Å². The van der Waals surface area contributed by atoms with Gasteiger partial charge >= 0.3 is 0 Å². The summed E-state index contributed by atoms with van der Waals surface area (Å²) in [6.07, 6.45) is 2.59. The highest BCUT2D eigenvalue weighted by Crippen LogP contribution is 2.13. The molecule has 0 aliphatic carbocycles. The number of nitrogens with two attached hydrogens (primary N) is 1. The topological polar surface area (TPSA) is 32.5 Å². The third-order valence-electron chi connectivity index (χ3n) is 2.89. The maximum Gasteiger partial charge on any atom is 0.0232 e. The van der Waals surface area contributed by atoms with E-state index in [1.54, 1.807) is 0 Å². The Morgan fingerprint density at radius 3 is 2.92 bits per heavy atom. The molecule has 1 saturated heterocycles. The summed E-state index contributed by atoms with van der Waals surface area (Å²) in [7, 11) is 2.19. The van der Waals surface area contributed by atoms with Crippen LogP contribution in [0.15, 0.2) is 0 Å². The van der Waals surface area contributed by atoms with Gasteiger partial charge in [0.2, 0.25) is 0 Å². The third-order valence-corrected chi connectivity index (χ3v) is 2.89. The van der Waals surface area contributed by atoms with Crippen LogP contribution in [0.25, 0.3) is 0 Å². The van der Waals surface area contributed by atoms with Crippen molar-refractivity contribution in [1.29, 1.82) is 0 Å². The summed E-state index contributed by atoms with van der Waals surface area (Å²) in [5.74, 6) is 0. The van der Waals surface area contributed by atoms with Crippen LogP contribution in [0, 0.1) is 0 Å². The smallest absolute Gasteiger partial charge is 0.0232 e. The van der Waals surface area contributed by atoms with Gasteiger partial charge in [-0.3, -0.25) is 0 Å². The number of likely N-dealkylation sites (tertiary alicyclic amines) is 1. The molecular formula is C10H23N3.